The Balaban J connectivity index is 2.74. The Kier molecular flexibility index (Phi) is 2.42. The first-order chi connectivity index (χ1) is 6.36. The SMILES string of the molecule is CNc1ccc2scnc2c1SC. The van der Waals surface area contributed by atoms with Crippen LogP contribution >= 0.6 is 23.1 Å². The fraction of sp³-hybridized carbons (Fsp3) is 0.222. The van der Waals surface area contributed by atoms with Gasteiger partial charge in [-0.3, -0.25) is 0 Å². The fourth-order valence-electron chi connectivity index (χ4n) is 1.31. The summed E-state index contributed by atoms with van der Waals surface area (Å²) >= 11 is 3.42. The predicted molar refractivity (Wildman–Crippen MR) is 60.9 cm³/mol. The van der Waals surface area contributed by atoms with Gasteiger partial charge in [0.25, 0.3) is 0 Å². The normalized spacial score (nSPS) is 10.6. The Labute approximate surface area is 85.4 Å². The van der Waals surface area contributed by atoms with Crippen LogP contribution in [0.25, 0.3) is 10.2 Å². The molecule has 0 atom stereocenters. The van der Waals surface area contributed by atoms with Crippen molar-refractivity contribution in [2.24, 2.45) is 0 Å². The summed E-state index contributed by atoms with van der Waals surface area (Å²) in [4.78, 5) is 5.59. The molecule has 0 aliphatic heterocycles. The monoisotopic (exact) mass is 210 g/mol. The maximum atomic E-state index is 4.36. The second kappa shape index (κ2) is 3.55. The molecule has 2 rings (SSSR count). The number of benzene rings is 1. The highest BCUT2D eigenvalue weighted by molar-refractivity contribution is 7.99. The average molecular weight is 210 g/mol. The number of aromatic nitrogens is 1. The van der Waals surface area contributed by atoms with Gasteiger partial charge >= 0.3 is 0 Å². The van der Waals surface area contributed by atoms with Crippen LogP contribution in [-0.2, 0) is 0 Å². The van der Waals surface area contributed by atoms with Crippen LogP contribution in [0.3, 0.4) is 0 Å². The van der Waals surface area contributed by atoms with Gasteiger partial charge in [-0.05, 0) is 18.4 Å². The number of hydrogen-bond acceptors (Lipinski definition) is 4. The van der Waals surface area contributed by atoms with Gasteiger partial charge in [-0.1, -0.05) is 0 Å². The van der Waals surface area contributed by atoms with Crippen molar-refractivity contribution >= 4 is 39.0 Å². The zero-order valence-electron chi connectivity index (χ0n) is 7.50. The third-order valence-electron chi connectivity index (χ3n) is 1.93. The topological polar surface area (TPSA) is 24.9 Å². The largest absolute Gasteiger partial charge is 0.387 e. The Morgan fingerprint density at radius 1 is 1.46 bits per heavy atom. The first-order valence-corrected chi connectivity index (χ1v) is 6.05. The van der Waals surface area contributed by atoms with Crippen LogP contribution in [0.2, 0.25) is 0 Å². The summed E-state index contributed by atoms with van der Waals surface area (Å²) in [6, 6.07) is 4.21. The summed E-state index contributed by atoms with van der Waals surface area (Å²) in [5, 5.41) is 3.17. The van der Waals surface area contributed by atoms with E-state index in [0.717, 1.165) is 11.2 Å². The number of nitrogens with zero attached hydrogens (tertiary/aromatic N) is 1. The third kappa shape index (κ3) is 1.40. The first kappa shape index (κ1) is 8.84. The van der Waals surface area contributed by atoms with Crippen LogP contribution in [0.4, 0.5) is 5.69 Å². The molecule has 1 heterocycles. The number of hydrogen-bond donors (Lipinski definition) is 1. The summed E-state index contributed by atoms with van der Waals surface area (Å²) < 4.78 is 1.25. The quantitative estimate of drug-likeness (QED) is 0.771. The van der Waals surface area contributed by atoms with Crippen LogP contribution in [-0.4, -0.2) is 18.3 Å². The van der Waals surface area contributed by atoms with Gasteiger partial charge in [0.15, 0.2) is 0 Å². The number of nitrogens with one attached hydrogen (secondary N) is 1. The van der Waals surface area contributed by atoms with Crippen molar-refractivity contribution < 1.29 is 0 Å². The lowest BCUT2D eigenvalue weighted by atomic mass is 10.3. The molecule has 1 aromatic carbocycles. The highest BCUT2D eigenvalue weighted by Gasteiger charge is 2.07. The molecule has 0 aliphatic carbocycles. The lowest BCUT2D eigenvalue weighted by Crippen LogP contribution is -1.90. The van der Waals surface area contributed by atoms with E-state index >= 15 is 0 Å². The minimum Gasteiger partial charge on any atom is -0.387 e. The van der Waals surface area contributed by atoms with Crippen molar-refractivity contribution in [3.05, 3.63) is 17.6 Å². The van der Waals surface area contributed by atoms with E-state index in [1.807, 2.05) is 12.6 Å². The van der Waals surface area contributed by atoms with E-state index in [-0.39, 0.29) is 0 Å². The molecular formula is C9H10N2S2. The lowest BCUT2D eigenvalue weighted by Gasteiger charge is -2.06. The van der Waals surface area contributed by atoms with Crippen LogP contribution in [0.5, 0.6) is 0 Å². The zero-order chi connectivity index (χ0) is 9.26. The molecule has 0 saturated heterocycles. The van der Waals surface area contributed by atoms with Crippen molar-refractivity contribution in [1.29, 1.82) is 0 Å². The molecule has 4 heteroatoms. The number of thiazole rings is 1. The van der Waals surface area contributed by atoms with E-state index in [0.29, 0.717) is 0 Å². The molecule has 0 aliphatic rings. The van der Waals surface area contributed by atoms with Gasteiger partial charge in [0.2, 0.25) is 0 Å². The van der Waals surface area contributed by atoms with Gasteiger partial charge in [0.05, 0.1) is 20.6 Å². The van der Waals surface area contributed by atoms with Crippen molar-refractivity contribution in [2.45, 2.75) is 4.90 Å². The molecule has 0 radical (unpaired) electrons. The van der Waals surface area contributed by atoms with E-state index < -0.39 is 0 Å². The summed E-state index contributed by atoms with van der Waals surface area (Å²) in [6.07, 6.45) is 2.08. The Hall–Kier alpha value is -0.740. The Morgan fingerprint density at radius 3 is 3.00 bits per heavy atom. The molecule has 2 nitrogen and oxygen atoms in total. The zero-order valence-corrected chi connectivity index (χ0v) is 9.13. The minimum absolute atomic E-state index is 1.12. The van der Waals surface area contributed by atoms with Crippen LogP contribution in [0.15, 0.2) is 22.5 Å². The Bertz CT molecular complexity index is 422. The fourth-order valence-corrected chi connectivity index (χ4v) is 2.81. The lowest BCUT2D eigenvalue weighted by molar-refractivity contribution is 1.37. The molecule has 1 aromatic heterocycles. The van der Waals surface area contributed by atoms with Gasteiger partial charge in [-0.25, -0.2) is 4.98 Å². The van der Waals surface area contributed by atoms with E-state index in [2.05, 4.69) is 28.7 Å². The Morgan fingerprint density at radius 2 is 2.31 bits per heavy atom. The third-order valence-corrected chi connectivity index (χ3v) is 3.55. The van der Waals surface area contributed by atoms with Gasteiger partial charge in [0.1, 0.15) is 0 Å². The molecule has 0 bridgehead atoms. The van der Waals surface area contributed by atoms with Crippen molar-refractivity contribution in [3.8, 4) is 0 Å². The van der Waals surface area contributed by atoms with Gasteiger partial charge < -0.3 is 5.32 Å². The second-order valence-corrected chi connectivity index (χ2v) is 4.30. The number of fused-ring (bicyclic) bond motifs is 1. The molecule has 13 heavy (non-hydrogen) atoms. The van der Waals surface area contributed by atoms with Crippen LogP contribution in [0.1, 0.15) is 0 Å². The average Bonchev–Trinajstić information content (AvgIpc) is 2.63. The molecule has 0 amide bonds. The van der Waals surface area contributed by atoms with Crippen LogP contribution < -0.4 is 5.32 Å². The first-order valence-electron chi connectivity index (χ1n) is 3.94. The summed E-state index contributed by atoms with van der Waals surface area (Å²) in [5.41, 5.74) is 4.17. The second-order valence-electron chi connectivity index (χ2n) is 2.60. The maximum Gasteiger partial charge on any atom is 0.0968 e. The maximum absolute atomic E-state index is 4.36. The van der Waals surface area contributed by atoms with Crippen molar-refractivity contribution in [3.63, 3.8) is 0 Å². The molecule has 0 unspecified atom stereocenters. The van der Waals surface area contributed by atoms with Crippen molar-refractivity contribution in [2.75, 3.05) is 18.6 Å². The van der Waals surface area contributed by atoms with Gasteiger partial charge in [-0.2, -0.15) is 0 Å². The molecule has 0 spiro atoms. The van der Waals surface area contributed by atoms with E-state index in [1.165, 1.54) is 9.60 Å². The van der Waals surface area contributed by atoms with Crippen LogP contribution in [0, 0.1) is 0 Å². The number of rotatable bonds is 2. The van der Waals surface area contributed by atoms with E-state index in [4.69, 9.17) is 0 Å². The number of thioether (sulfide) groups is 1. The molecule has 0 fully saturated rings. The minimum atomic E-state index is 1.12. The molecule has 0 saturated carbocycles. The summed E-state index contributed by atoms with van der Waals surface area (Å²) in [7, 11) is 1.94. The molecule has 68 valence electrons. The summed E-state index contributed by atoms with van der Waals surface area (Å²) in [6.45, 7) is 0. The smallest absolute Gasteiger partial charge is 0.0968 e. The van der Waals surface area contributed by atoms with E-state index in [9.17, 15) is 0 Å². The summed E-state index contributed by atoms with van der Waals surface area (Å²) in [5.74, 6) is 0. The van der Waals surface area contributed by atoms with Gasteiger partial charge in [0, 0.05) is 12.7 Å². The highest BCUT2D eigenvalue weighted by atomic mass is 32.2. The van der Waals surface area contributed by atoms with E-state index in [1.54, 1.807) is 23.1 Å². The van der Waals surface area contributed by atoms with Crippen molar-refractivity contribution in [1.82, 2.24) is 4.98 Å². The molecule has 1 N–H and O–H groups in total. The molecular weight excluding hydrogens is 200 g/mol. The number of anilines is 1. The molecule has 2 aromatic rings. The standard InChI is InChI=1S/C9H10N2S2/c1-10-6-3-4-7-8(9(6)12-2)11-5-13-7/h3-5,10H,1-2H3. The van der Waals surface area contributed by atoms with Gasteiger partial charge in [-0.15, -0.1) is 23.1 Å². The predicted octanol–water partition coefficient (Wildman–Crippen LogP) is 3.06. The highest BCUT2D eigenvalue weighted by Crippen LogP contribution is 2.33.